The van der Waals surface area contributed by atoms with Gasteiger partial charge in [-0.3, -0.25) is 14.2 Å². The van der Waals surface area contributed by atoms with Crippen molar-refractivity contribution >= 4 is 34.9 Å². The zero-order chi connectivity index (χ0) is 27.2. The van der Waals surface area contributed by atoms with E-state index in [1.807, 2.05) is 6.07 Å². The Kier molecular flexibility index (Phi) is 8.45. The molecule has 1 aromatic heterocycles. The number of nitrogens with zero attached hydrogens (tertiary/aromatic N) is 2. The molecule has 2 N–H and O–H groups in total. The molecule has 0 spiro atoms. The van der Waals surface area contributed by atoms with Crippen LogP contribution in [0.25, 0.3) is 11.1 Å². The van der Waals surface area contributed by atoms with E-state index in [0.29, 0.717) is 40.6 Å². The number of methoxy groups -OCH3 is 2. The van der Waals surface area contributed by atoms with Gasteiger partial charge in [-0.15, -0.1) is 0 Å². The van der Waals surface area contributed by atoms with E-state index in [4.69, 9.17) is 31.0 Å². The fourth-order valence-corrected chi connectivity index (χ4v) is 4.35. The third-order valence-electron chi connectivity index (χ3n) is 6.08. The van der Waals surface area contributed by atoms with Crippen LogP contribution >= 0.6 is 11.6 Å². The average molecular weight is 540 g/mol. The number of carbonyl (C=O) groups is 2. The SMILES string of the molecule is COCCC(C(=O)Nc1ccc(C(=O)O)cc1)n1cc(OC)c(-c2cc(Cl)ccc2C2=NOCC2)cc1=O. The van der Waals surface area contributed by atoms with Gasteiger partial charge < -0.3 is 24.7 Å². The Labute approximate surface area is 223 Å². The Morgan fingerprint density at radius 3 is 2.53 bits per heavy atom. The molecule has 11 heteroatoms. The van der Waals surface area contributed by atoms with Crippen molar-refractivity contribution in [3.8, 4) is 16.9 Å². The van der Waals surface area contributed by atoms with Crippen LogP contribution in [0.15, 0.2) is 64.7 Å². The number of aromatic carboxylic acids is 1. The van der Waals surface area contributed by atoms with Crippen LogP contribution in [-0.4, -0.2) is 54.7 Å². The van der Waals surface area contributed by atoms with E-state index in [-0.39, 0.29) is 18.6 Å². The number of halogens is 1. The zero-order valence-electron chi connectivity index (χ0n) is 20.8. The number of hydrogen-bond donors (Lipinski definition) is 2. The van der Waals surface area contributed by atoms with Crippen molar-refractivity contribution in [3.63, 3.8) is 0 Å². The normalized spacial score (nSPS) is 13.4. The highest BCUT2D eigenvalue weighted by atomic mass is 35.5. The van der Waals surface area contributed by atoms with E-state index in [9.17, 15) is 14.4 Å². The highest BCUT2D eigenvalue weighted by Crippen LogP contribution is 2.35. The predicted octanol–water partition coefficient (Wildman–Crippen LogP) is 4.22. The number of benzene rings is 2. The maximum absolute atomic E-state index is 13.4. The molecular formula is C27H26ClN3O7. The average Bonchev–Trinajstić information content (AvgIpc) is 3.44. The second-order valence-corrected chi connectivity index (χ2v) is 8.92. The van der Waals surface area contributed by atoms with Gasteiger partial charge in [0.25, 0.3) is 5.56 Å². The molecule has 1 amide bonds. The summed E-state index contributed by atoms with van der Waals surface area (Å²) in [6, 6.07) is 11.5. The van der Waals surface area contributed by atoms with Gasteiger partial charge in [0.2, 0.25) is 5.91 Å². The number of carboxylic acid groups (broad SMARTS) is 1. The highest BCUT2D eigenvalue weighted by molar-refractivity contribution is 6.31. The van der Waals surface area contributed by atoms with Crippen molar-refractivity contribution in [2.75, 3.05) is 32.8 Å². The topological polar surface area (TPSA) is 128 Å². The molecule has 3 aromatic rings. The molecule has 2 aromatic carbocycles. The number of pyridine rings is 1. The summed E-state index contributed by atoms with van der Waals surface area (Å²) in [5.41, 5.74) is 2.69. The summed E-state index contributed by atoms with van der Waals surface area (Å²) in [7, 11) is 2.98. The van der Waals surface area contributed by atoms with Crippen molar-refractivity contribution in [3.05, 3.63) is 81.2 Å². The van der Waals surface area contributed by atoms with E-state index < -0.39 is 23.5 Å². The third kappa shape index (κ3) is 5.87. The molecule has 0 saturated heterocycles. The Morgan fingerprint density at radius 1 is 1.13 bits per heavy atom. The second-order valence-electron chi connectivity index (χ2n) is 8.48. The van der Waals surface area contributed by atoms with Gasteiger partial charge in [0, 0.05) is 54.5 Å². The summed E-state index contributed by atoms with van der Waals surface area (Å²) in [6.07, 6.45) is 2.30. The van der Waals surface area contributed by atoms with Crippen LogP contribution in [0.5, 0.6) is 5.75 Å². The minimum absolute atomic E-state index is 0.0889. The standard InChI is InChI=1S/C27H26ClN3O7/c1-36-11-10-23(26(33)29-18-6-3-16(4-7-18)27(34)35)31-15-24(37-2)21(14-25(31)32)20-13-17(28)5-8-19(20)22-9-12-38-30-22/h3-8,13-15,23H,9-12H2,1-2H3,(H,29,33)(H,34,35). The van der Waals surface area contributed by atoms with E-state index in [0.717, 1.165) is 11.3 Å². The minimum Gasteiger partial charge on any atom is -0.495 e. The van der Waals surface area contributed by atoms with Gasteiger partial charge in [-0.05, 0) is 42.0 Å². The first-order valence-corrected chi connectivity index (χ1v) is 12.1. The predicted molar refractivity (Wildman–Crippen MR) is 142 cm³/mol. The fourth-order valence-electron chi connectivity index (χ4n) is 4.18. The Balaban J connectivity index is 1.73. The lowest BCUT2D eigenvalue weighted by atomic mass is 9.95. The smallest absolute Gasteiger partial charge is 0.335 e. The van der Waals surface area contributed by atoms with Gasteiger partial charge in [-0.1, -0.05) is 22.8 Å². The number of amides is 1. The second kappa shape index (κ2) is 11.9. The van der Waals surface area contributed by atoms with Gasteiger partial charge in [0.15, 0.2) is 0 Å². The largest absolute Gasteiger partial charge is 0.495 e. The van der Waals surface area contributed by atoms with Crippen molar-refractivity contribution in [1.29, 1.82) is 0 Å². The number of nitrogens with one attached hydrogen (secondary N) is 1. The quantitative estimate of drug-likeness (QED) is 0.395. The molecular weight excluding hydrogens is 514 g/mol. The molecule has 10 nitrogen and oxygen atoms in total. The van der Waals surface area contributed by atoms with Crippen LogP contribution in [-0.2, 0) is 14.4 Å². The number of anilines is 1. The van der Waals surface area contributed by atoms with Gasteiger partial charge in [0.1, 0.15) is 18.4 Å². The Bertz CT molecular complexity index is 1430. The Hall–Kier alpha value is -4.15. The molecule has 198 valence electrons. The summed E-state index contributed by atoms with van der Waals surface area (Å²) in [5.74, 6) is -1.19. The fraction of sp³-hybridized carbons (Fsp3) is 0.259. The highest BCUT2D eigenvalue weighted by Gasteiger charge is 2.25. The minimum atomic E-state index is -1.07. The van der Waals surface area contributed by atoms with Gasteiger partial charge >= 0.3 is 5.97 Å². The van der Waals surface area contributed by atoms with E-state index in [1.54, 1.807) is 12.1 Å². The number of carbonyl (C=O) groups excluding carboxylic acids is 1. The third-order valence-corrected chi connectivity index (χ3v) is 6.32. The van der Waals surface area contributed by atoms with Crippen molar-refractivity contribution in [1.82, 2.24) is 4.57 Å². The van der Waals surface area contributed by atoms with Crippen LogP contribution in [0.4, 0.5) is 5.69 Å². The number of oxime groups is 1. The maximum Gasteiger partial charge on any atom is 0.335 e. The first kappa shape index (κ1) is 26.9. The maximum atomic E-state index is 13.4. The van der Waals surface area contributed by atoms with Gasteiger partial charge in [-0.25, -0.2) is 4.79 Å². The van der Waals surface area contributed by atoms with Crippen LogP contribution in [0, 0.1) is 0 Å². The van der Waals surface area contributed by atoms with Crippen LogP contribution in [0.1, 0.15) is 34.8 Å². The van der Waals surface area contributed by atoms with Gasteiger partial charge in [-0.2, -0.15) is 0 Å². The lowest BCUT2D eigenvalue weighted by Gasteiger charge is -2.21. The van der Waals surface area contributed by atoms with Crippen molar-refractivity contribution in [2.45, 2.75) is 18.9 Å². The summed E-state index contributed by atoms with van der Waals surface area (Å²) in [5, 5.41) is 16.4. The molecule has 0 saturated carbocycles. The van der Waals surface area contributed by atoms with E-state index in [1.165, 1.54) is 55.3 Å². The summed E-state index contributed by atoms with van der Waals surface area (Å²) in [6.45, 7) is 0.677. The van der Waals surface area contributed by atoms with E-state index in [2.05, 4.69) is 10.5 Å². The molecule has 0 radical (unpaired) electrons. The molecule has 1 aliphatic heterocycles. The summed E-state index contributed by atoms with van der Waals surface area (Å²) < 4.78 is 12.1. The molecule has 0 aliphatic carbocycles. The molecule has 0 fully saturated rings. The monoisotopic (exact) mass is 539 g/mol. The van der Waals surface area contributed by atoms with Crippen molar-refractivity contribution < 1.29 is 29.0 Å². The number of aromatic nitrogens is 1. The number of ether oxygens (including phenoxy) is 2. The lowest BCUT2D eigenvalue weighted by Crippen LogP contribution is -2.34. The number of hydrogen-bond acceptors (Lipinski definition) is 7. The molecule has 2 heterocycles. The molecule has 4 rings (SSSR count). The van der Waals surface area contributed by atoms with E-state index >= 15 is 0 Å². The molecule has 1 unspecified atom stereocenters. The van der Waals surface area contributed by atoms with Gasteiger partial charge in [0.05, 0.1) is 24.6 Å². The summed E-state index contributed by atoms with van der Waals surface area (Å²) in [4.78, 5) is 43.0. The zero-order valence-corrected chi connectivity index (χ0v) is 21.5. The first-order valence-electron chi connectivity index (χ1n) is 11.7. The first-order chi connectivity index (χ1) is 18.3. The van der Waals surface area contributed by atoms with Crippen LogP contribution in [0.3, 0.4) is 0 Å². The van der Waals surface area contributed by atoms with Crippen molar-refractivity contribution in [2.24, 2.45) is 5.16 Å². The molecule has 1 atom stereocenters. The number of rotatable bonds is 10. The molecule has 1 aliphatic rings. The molecule has 0 bridgehead atoms. The molecule has 38 heavy (non-hydrogen) atoms. The van der Waals surface area contributed by atoms with Crippen LogP contribution < -0.4 is 15.6 Å². The number of carboxylic acids is 1. The van der Waals surface area contributed by atoms with Crippen LogP contribution in [0.2, 0.25) is 5.02 Å². The lowest BCUT2D eigenvalue weighted by molar-refractivity contribution is -0.119. The Morgan fingerprint density at radius 2 is 1.89 bits per heavy atom. The summed E-state index contributed by atoms with van der Waals surface area (Å²) >= 11 is 6.30.